The van der Waals surface area contributed by atoms with E-state index in [1.165, 1.54) is 0 Å². The van der Waals surface area contributed by atoms with Gasteiger partial charge in [0, 0.05) is 24.0 Å². The number of aromatic nitrogens is 3. The lowest BCUT2D eigenvalue weighted by Crippen LogP contribution is -2.24. The van der Waals surface area contributed by atoms with Crippen molar-refractivity contribution in [2.75, 3.05) is 5.32 Å². The zero-order valence-corrected chi connectivity index (χ0v) is 17.3. The highest BCUT2D eigenvalue weighted by Crippen LogP contribution is 2.27. The van der Waals surface area contributed by atoms with E-state index in [1.807, 2.05) is 69.4 Å². The highest BCUT2D eigenvalue weighted by Gasteiger charge is 2.18. The largest absolute Gasteiger partial charge is 0.332 e. The fourth-order valence-electron chi connectivity index (χ4n) is 3.80. The summed E-state index contributed by atoms with van der Waals surface area (Å²) in [4.78, 5) is 30.4. The lowest BCUT2D eigenvalue weighted by molar-refractivity contribution is -0.116. The molecule has 1 amide bonds. The number of nitrogens with one attached hydrogen (secondary N) is 1. The number of rotatable bonds is 5. The van der Waals surface area contributed by atoms with Crippen molar-refractivity contribution < 1.29 is 4.79 Å². The van der Waals surface area contributed by atoms with Gasteiger partial charge in [-0.3, -0.25) is 14.2 Å². The van der Waals surface area contributed by atoms with Crippen molar-refractivity contribution in [2.45, 2.75) is 33.9 Å². The van der Waals surface area contributed by atoms with E-state index in [4.69, 9.17) is 0 Å². The van der Waals surface area contributed by atoms with Crippen LogP contribution in [0, 0.1) is 13.8 Å². The first-order valence-corrected chi connectivity index (χ1v) is 9.98. The molecule has 6 heteroatoms. The topological polar surface area (TPSA) is 68.9 Å². The molecular formula is C24H24N4O2. The lowest BCUT2D eigenvalue weighted by atomic mass is 10.1. The second-order valence-electron chi connectivity index (χ2n) is 7.49. The maximum atomic E-state index is 13.0. The first-order valence-electron chi connectivity index (χ1n) is 9.98. The number of carbonyl (C=O) groups excluding carboxylic acids is 1. The maximum absolute atomic E-state index is 13.0. The molecule has 0 fully saturated rings. The van der Waals surface area contributed by atoms with Crippen LogP contribution in [0.4, 0.5) is 5.69 Å². The van der Waals surface area contributed by atoms with Crippen LogP contribution >= 0.6 is 0 Å². The van der Waals surface area contributed by atoms with E-state index in [9.17, 15) is 9.59 Å². The minimum atomic E-state index is -0.192. The van der Waals surface area contributed by atoms with E-state index < -0.39 is 0 Å². The average Bonchev–Trinajstić information content (AvgIpc) is 3.07. The van der Waals surface area contributed by atoms with Gasteiger partial charge in [-0.2, -0.15) is 0 Å². The van der Waals surface area contributed by atoms with Crippen LogP contribution in [0.25, 0.3) is 22.2 Å². The van der Waals surface area contributed by atoms with Crippen molar-refractivity contribution in [1.82, 2.24) is 14.1 Å². The number of anilines is 1. The van der Waals surface area contributed by atoms with Gasteiger partial charge in [0.05, 0.1) is 6.33 Å². The third kappa shape index (κ3) is 3.76. The lowest BCUT2D eigenvalue weighted by Gasteiger charge is -2.09. The third-order valence-corrected chi connectivity index (χ3v) is 5.09. The molecule has 1 N–H and O–H groups in total. The van der Waals surface area contributed by atoms with E-state index >= 15 is 0 Å². The van der Waals surface area contributed by atoms with Crippen molar-refractivity contribution in [3.8, 4) is 11.1 Å². The van der Waals surface area contributed by atoms with Crippen molar-refractivity contribution in [3.63, 3.8) is 0 Å². The molecule has 152 valence electrons. The Morgan fingerprint density at radius 2 is 1.73 bits per heavy atom. The van der Waals surface area contributed by atoms with Crippen LogP contribution in [0.5, 0.6) is 0 Å². The first kappa shape index (κ1) is 19.6. The second-order valence-corrected chi connectivity index (χ2v) is 7.49. The summed E-state index contributed by atoms with van der Waals surface area (Å²) in [5, 5.41) is 2.94. The highest BCUT2D eigenvalue weighted by molar-refractivity contribution is 5.95. The Hall–Kier alpha value is -3.67. The average molecular weight is 400 g/mol. The molecule has 0 atom stereocenters. The number of fused-ring (bicyclic) bond motifs is 1. The van der Waals surface area contributed by atoms with Crippen LogP contribution < -0.4 is 10.9 Å². The van der Waals surface area contributed by atoms with Gasteiger partial charge >= 0.3 is 0 Å². The van der Waals surface area contributed by atoms with E-state index in [0.29, 0.717) is 17.6 Å². The van der Waals surface area contributed by atoms with Crippen molar-refractivity contribution >= 4 is 22.6 Å². The zero-order valence-electron chi connectivity index (χ0n) is 17.3. The van der Waals surface area contributed by atoms with Crippen molar-refractivity contribution in [3.05, 3.63) is 82.5 Å². The molecule has 0 spiro atoms. The minimum absolute atomic E-state index is 0.0287. The van der Waals surface area contributed by atoms with Gasteiger partial charge in [0.1, 0.15) is 17.6 Å². The van der Waals surface area contributed by atoms with Gasteiger partial charge in [-0.1, -0.05) is 36.4 Å². The van der Waals surface area contributed by atoms with E-state index in [-0.39, 0.29) is 18.0 Å². The van der Waals surface area contributed by atoms with Gasteiger partial charge in [-0.15, -0.1) is 0 Å². The predicted octanol–water partition coefficient (Wildman–Crippen LogP) is 4.14. The van der Waals surface area contributed by atoms with Gasteiger partial charge < -0.3 is 9.88 Å². The number of hydrogen-bond acceptors (Lipinski definition) is 3. The molecule has 30 heavy (non-hydrogen) atoms. The standard InChI is InChI=1S/C24H24N4O2/c1-4-27-15-25-22-20(18-8-6-5-7-9-18)13-28(23(22)24(27)30)14-21(29)26-19-11-16(2)10-17(3)12-19/h5-13,15H,4,14H2,1-3H3,(H,26,29). The van der Waals surface area contributed by atoms with E-state index in [2.05, 4.69) is 16.4 Å². The summed E-state index contributed by atoms with van der Waals surface area (Å²) in [7, 11) is 0. The molecule has 4 rings (SSSR count). The smallest absolute Gasteiger partial charge is 0.277 e. The molecule has 6 nitrogen and oxygen atoms in total. The number of aryl methyl sites for hydroxylation is 3. The number of benzene rings is 2. The quantitative estimate of drug-likeness (QED) is 0.547. The zero-order chi connectivity index (χ0) is 21.3. The van der Waals surface area contributed by atoms with E-state index in [1.54, 1.807) is 15.5 Å². The second kappa shape index (κ2) is 7.99. The summed E-state index contributed by atoms with van der Waals surface area (Å²) in [6.07, 6.45) is 3.41. The highest BCUT2D eigenvalue weighted by atomic mass is 16.2. The number of nitrogens with zero attached hydrogens (tertiary/aromatic N) is 3. The van der Waals surface area contributed by atoms with Gasteiger partial charge in [-0.25, -0.2) is 4.98 Å². The molecule has 0 aliphatic rings. The Morgan fingerprint density at radius 1 is 1.03 bits per heavy atom. The van der Waals surface area contributed by atoms with Gasteiger partial charge in [-0.05, 0) is 49.6 Å². The molecule has 0 bridgehead atoms. The van der Waals surface area contributed by atoms with Crippen LogP contribution in [0.2, 0.25) is 0 Å². The summed E-state index contributed by atoms with van der Waals surface area (Å²) in [6, 6.07) is 15.7. The molecule has 2 heterocycles. The summed E-state index contributed by atoms with van der Waals surface area (Å²) in [6.45, 7) is 6.43. The van der Waals surface area contributed by atoms with Crippen molar-refractivity contribution in [1.29, 1.82) is 0 Å². The Morgan fingerprint density at radius 3 is 2.40 bits per heavy atom. The molecule has 0 saturated carbocycles. The molecule has 2 aromatic carbocycles. The fraction of sp³-hybridized carbons (Fsp3) is 0.208. The van der Waals surface area contributed by atoms with Gasteiger partial charge in [0.25, 0.3) is 5.56 Å². The number of hydrogen-bond donors (Lipinski definition) is 1. The molecule has 2 aromatic heterocycles. The number of amides is 1. The van der Waals surface area contributed by atoms with Crippen LogP contribution in [0.1, 0.15) is 18.1 Å². The minimum Gasteiger partial charge on any atom is -0.332 e. The molecule has 0 aliphatic carbocycles. The van der Waals surface area contributed by atoms with Gasteiger partial charge in [0.2, 0.25) is 5.91 Å². The van der Waals surface area contributed by atoms with E-state index in [0.717, 1.165) is 27.9 Å². The Bertz CT molecular complexity index is 1270. The molecule has 4 aromatic rings. The number of carbonyl (C=O) groups is 1. The van der Waals surface area contributed by atoms with Crippen molar-refractivity contribution in [2.24, 2.45) is 0 Å². The molecule has 0 aliphatic heterocycles. The SMILES string of the molecule is CCn1cnc2c(-c3ccccc3)cn(CC(=O)Nc3cc(C)cc(C)c3)c2c1=O. The predicted molar refractivity (Wildman–Crippen MR) is 120 cm³/mol. The Kier molecular flexibility index (Phi) is 5.23. The maximum Gasteiger partial charge on any atom is 0.277 e. The Balaban J connectivity index is 1.76. The monoisotopic (exact) mass is 400 g/mol. The molecule has 0 unspecified atom stereocenters. The molecular weight excluding hydrogens is 376 g/mol. The first-order chi connectivity index (χ1) is 14.5. The summed E-state index contributed by atoms with van der Waals surface area (Å²) in [5.74, 6) is -0.192. The van der Waals surface area contributed by atoms with Crippen LogP contribution in [-0.4, -0.2) is 20.0 Å². The molecule has 0 saturated heterocycles. The fourth-order valence-corrected chi connectivity index (χ4v) is 3.80. The Labute approximate surface area is 174 Å². The van der Waals surface area contributed by atoms with Crippen LogP contribution in [-0.2, 0) is 17.9 Å². The summed E-state index contributed by atoms with van der Waals surface area (Å²) >= 11 is 0. The summed E-state index contributed by atoms with van der Waals surface area (Å²) in [5.41, 5.74) is 5.60. The third-order valence-electron chi connectivity index (χ3n) is 5.09. The van der Waals surface area contributed by atoms with Crippen LogP contribution in [0.3, 0.4) is 0 Å². The normalized spacial score (nSPS) is 11.0. The van der Waals surface area contributed by atoms with Gasteiger partial charge in [0.15, 0.2) is 0 Å². The van der Waals surface area contributed by atoms with Crippen LogP contribution in [0.15, 0.2) is 65.8 Å². The summed E-state index contributed by atoms with van der Waals surface area (Å²) < 4.78 is 3.26. The molecule has 0 radical (unpaired) electrons.